The number of imide groups is 1. The maximum atomic E-state index is 12.5. The van der Waals surface area contributed by atoms with Crippen LogP contribution in [-0.4, -0.2) is 17.8 Å². The third kappa shape index (κ3) is 3.18. The van der Waals surface area contributed by atoms with Gasteiger partial charge >= 0.3 is 5.97 Å². The summed E-state index contributed by atoms with van der Waals surface area (Å²) in [6.45, 7) is 5.74. The molecule has 0 aliphatic carbocycles. The maximum Gasteiger partial charge on any atom is 0.343 e. The second-order valence-corrected chi connectivity index (χ2v) is 6.22. The number of benzene rings is 2. The quantitative estimate of drug-likeness (QED) is 0.489. The number of hydrogen-bond acceptors (Lipinski definition) is 4. The number of amides is 2. The van der Waals surface area contributed by atoms with Crippen molar-refractivity contribution in [3.8, 4) is 5.75 Å². The first-order valence-electron chi connectivity index (χ1n) is 8.13. The van der Waals surface area contributed by atoms with Gasteiger partial charge in [-0.15, -0.1) is 0 Å². The van der Waals surface area contributed by atoms with Crippen molar-refractivity contribution in [1.82, 2.24) is 0 Å². The number of aryl methyl sites for hydroxylation is 2. The van der Waals surface area contributed by atoms with Gasteiger partial charge in [0.05, 0.1) is 11.3 Å². The van der Waals surface area contributed by atoms with E-state index in [4.69, 9.17) is 4.74 Å². The molecule has 0 unspecified atom stereocenters. The molecule has 3 rings (SSSR count). The SMILES string of the molecule is Cc1ccc(C)c(OC(=O)c2cccc(N3C(=O)CCC3=O)c2)c1C. The molecule has 1 heterocycles. The standard InChI is InChI=1S/C20H19NO4/c1-12-7-8-13(2)19(14(12)3)25-20(24)15-5-4-6-16(11-15)21-17(22)9-10-18(21)23/h4-8,11H,9-10H2,1-3H3. The van der Waals surface area contributed by atoms with Gasteiger partial charge in [0.25, 0.3) is 0 Å². The minimum Gasteiger partial charge on any atom is -0.422 e. The van der Waals surface area contributed by atoms with E-state index in [0.717, 1.165) is 21.6 Å². The predicted molar refractivity (Wildman–Crippen MR) is 93.8 cm³/mol. The molecular weight excluding hydrogens is 318 g/mol. The van der Waals surface area contributed by atoms with Crippen LogP contribution in [0.25, 0.3) is 0 Å². The van der Waals surface area contributed by atoms with Gasteiger partial charge in [-0.1, -0.05) is 18.2 Å². The summed E-state index contributed by atoms with van der Waals surface area (Å²) >= 11 is 0. The monoisotopic (exact) mass is 337 g/mol. The fourth-order valence-electron chi connectivity index (χ4n) is 2.87. The van der Waals surface area contributed by atoms with E-state index in [2.05, 4.69) is 0 Å². The summed E-state index contributed by atoms with van der Waals surface area (Å²) in [6, 6.07) is 10.3. The Bertz CT molecular complexity index is 869. The first-order chi connectivity index (χ1) is 11.9. The van der Waals surface area contributed by atoms with Crippen molar-refractivity contribution >= 4 is 23.5 Å². The average Bonchev–Trinajstić information content (AvgIpc) is 2.93. The van der Waals surface area contributed by atoms with E-state index in [9.17, 15) is 14.4 Å². The van der Waals surface area contributed by atoms with Gasteiger partial charge in [-0.3, -0.25) is 14.5 Å². The number of anilines is 1. The van der Waals surface area contributed by atoms with Gasteiger partial charge in [0, 0.05) is 12.8 Å². The highest BCUT2D eigenvalue weighted by atomic mass is 16.5. The van der Waals surface area contributed by atoms with E-state index < -0.39 is 5.97 Å². The Labute approximate surface area is 146 Å². The number of ether oxygens (including phenoxy) is 1. The lowest BCUT2D eigenvalue weighted by Crippen LogP contribution is -2.28. The first-order valence-corrected chi connectivity index (χ1v) is 8.13. The van der Waals surface area contributed by atoms with Gasteiger partial charge in [0.2, 0.25) is 11.8 Å². The van der Waals surface area contributed by atoms with Gasteiger partial charge in [-0.2, -0.15) is 0 Å². The summed E-state index contributed by atoms with van der Waals surface area (Å²) in [5.41, 5.74) is 3.52. The van der Waals surface area contributed by atoms with Gasteiger partial charge in [0.1, 0.15) is 5.75 Å². The number of nitrogens with zero attached hydrogens (tertiary/aromatic N) is 1. The minimum absolute atomic E-state index is 0.204. The largest absolute Gasteiger partial charge is 0.422 e. The first kappa shape index (κ1) is 16.9. The summed E-state index contributed by atoms with van der Waals surface area (Å²) in [4.78, 5) is 37.4. The van der Waals surface area contributed by atoms with Crippen LogP contribution < -0.4 is 9.64 Å². The molecule has 128 valence electrons. The molecule has 0 saturated carbocycles. The Morgan fingerprint density at radius 2 is 1.60 bits per heavy atom. The molecule has 0 bridgehead atoms. The molecule has 0 atom stereocenters. The lowest BCUT2D eigenvalue weighted by molar-refractivity contribution is -0.121. The fourth-order valence-corrected chi connectivity index (χ4v) is 2.87. The molecule has 0 aromatic heterocycles. The number of esters is 1. The highest BCUT2D eigenvalue weighted by Crippen LogP contribution is 2.28. The number of carbonyl (C=O) groups excluding carboxylic acids is 3. The van der Waals surface area contributed by atoms with E-state index in [0.29, 0.717) is 17.0 Å². The Kier molecular flexibility index (Phi) is 4.40. The van der Waals surface area contributed by atoms with Crippen LogP contribution in [0.1, 0.15) is 39.9 Å². The van der Waals surface area contributed by atoms with Crippen molar-refractivity contribution in [3.63, 3.8) is 0 Å². The van der Waals surface area contributed by atoms with Gasteiger partial charge in [-0.05, 0) is 55.7 Å². The summed E-state index contributed by atoms with van der Waals surface area (Å²) in [7, 11) is 0. The fraction of sp³-hybridized carbons (Fsp3) is 0.250. The second-order valence-electron chi connectivity index (χ2n) is 6.22. The molecule has 2 aromatic rings. The topological polar surface area (TPSA) is 63.7 Å². The average molecular weight is 337 g/mol. The Morgan fingerprint density at radius 1 is 0.960 bits per heavy atom. The molecule has 1 aliphatic rings. The summed E-state index contributed by atoms with van der Waals surface area (Å²) in [6.07, 6.45) is 0.407. The van der Waals surface area contributed by atoms with E-state index in [-0.39, 0.29) is 24.7 Å². The zero-order chi connectivity index (χ0) is 18.1. The normalized spacial score (nSPS) is 14.1. The lowest BCUT2D eigenvalue weighted by atomic mass is 10.1. The highest BCUT2D eigenvalue weighted by molar-refractivity contribution is 6.20. The van der Waals surface area contributed by atoms with Crippen LogP contribution in [-0.2, 0) is 9.59 Å². The van der Waals surface area contributed by atoms with Crippen LogP contribution in [0, 0.1) is 20.8 Å². The molecule has 1 fully saturated rings. The number of hydrogen-bond donors (Lipinski definition) is 0. The van der Waals surface area contributed by atoms with Crippen LogP contribution >= 0.6 is 0 Å². The van der Waals surface area contributed by atoms with Gasteiger partial charge in [0.15, 0.2) is 0 Å². The summed E-state index contributed by atoms with van der Waals surface area (Å²) in [5, 5.41) is 0. The van der Waals surface area contributed by atoms with Crippen LogP contribution in [0.15, 0.2) is 36.4 Å². The molecule has 1 saturated heterocycles. The Morgan fingerprint density at radius 3 is 2.28 bits per heavy atom. The molecule has 0 spiro atoms. The zero-order valence-electron chi connectivity index (χ0n) is 14.5. The minimum atomic E-state index is -0.516. The molecule has 2 aromatic carbocycles. The molecule has 5 nitrogen and oxygen atoms in total. The van der Waals surface area contributed by atoms with Crippen molar-refractivity contribution in [2.45, 2.75) is 33.6 Å². The maximum absolute atomic E-state index is 12.5. The smallest absolute Gasteiger partial charge is 0.343 e. The molecule has 5 heteroatoms. The van der Waals surface area contributed by atoms with E-state index >= 15 is 0 Å². The van der Waals surface area contributed by atoms with Crippen molar-refractivity contribution in [1.29, 1.82) is 0 Å². The van der Waals surface area contributed by atoms with E-state index in [1.807, 2.05) is 32.9 Å². The van der Waals surface area contributed by atoms with Crippen molar-refractivity contribution in [3.05, 3.63) is 58.7 Å². The van der Waals surface area contributed by atoms with Crippen LogP contribution in [0.4, 0.5) is 5.69 Å². The van der Waals surface area contributed by atoms with Crippen molar-refractivity contribution < 1.29 is 19.1 Å². The van der Waals surface area contributed by atoms with Crippen molar-refractivity contribution in [2.75, 3.05) is 4.90 Å². The Hall–Kier alpha value is -2.95. The summed E-state index contributed by atoms with van der Waals surface area (Å²) in [5.74, 6) is -0.469. The molecular formula is C20H19NO4. The van der Waals surface area contributed by atoms with Crippen LogP contribution in [0.2, 0.25) is 0 Å². The van der Waals surface area contributed by atoms with Crippen LogP contribution in [0.5, 0.6) is 5.75 Å². The van der Waals surface area contributed by atoms with Crippen LogP contribution in [0.3, 0.4) is 0 Å². The van der Waals surface area contributed by atoms with E-state index in [1.54, 1.807) is 18.2 Å². The number of rotatable bonds is 3. The van der Waals surface area contributed by atoms with Gasteiger partial charge in [-0.25, -0.2) is 4.79 Å². The highest BCUT2D eigenvalue weighted by Gasteiger charge is 2.30. The molecule has 25 heavy (non-hydrogen) atoms. The predicted octanol–water partition coefficient (Wildman–Crippen LogP) is 3.48. The second kappa shape index (κ2) is 6.51. The molecule has 2 amide bonds. The molecule has 0 N–H and O–H groups in total. The van der Waals surface area contributed by atoms with Crippen molar-refractivity contribution in [2.24, 2.45) is 0 Å². The number of carbonyl (C=O) groups is 3. The van der Waals surface area contributed by atoms with E-state index in [1.165, 1.54) is 6.07 Å². The third-order valence-electron chi connectivity index (χ3n) is 4.46. The Balaban J connectivity index is 1.89. The zero-order valence-corrected chi connectivity index (χ0v) is 14.5. The summed E-state index contributed by atoms with van der Waals surface area (Å²) < 4.78 is 5.59. The lowest BCUT2D eigenvalue weighted by Gasteiger charge is -2.15. The third-order valence-corrected chi connectivity index (χ3v) is 4.46. The molecule has 0 radical (unpaired) electrons. The van der Waals surface area contributed by atoms with Gasteiger partial charge < -0.3 is 4.74 Å². The molecule has 1 aliphatic heterocycles.